The van der Waals surface area contributed by atoms with Crippen molar-refractivity contribution in [2.75, 3.05) is 6.54 Å². The lowest BCUT2D eigenvalue weighted by Crippen LogP contribution is -2.32. The average molecular weight is 398 g/mol. The summed E-state index contributed by atoms with van der Waals surface area (Å²) in [5.41, 5.74) is 7.76. The minimum absolute atomic E-state index is 0. The maximum absolute atomic E-state index is 5.77. The SMILES string of the molecule is C=C(C)CNC(N)=NCc1nncn1-c1ccccc1.I. The number of hydrogen-bond donors (Lipinski definition) is 2. The van der Waals surface area contributed by atoms with Gasteiger partial charge in [0.25, 0.3) is 0 Å². The molecule has 112 valence electrons. The Morgan fingerprint density at radius 1 is 1.38 bits per heavy atom. The Morgan fingerprint density at radius 3 is 2.76 bits per heavy atom. The third-order valence-electron chi connectivity index (χ3n) is 2.61. The largest absolute Gasteiger partial charge is 0.370 e. The van der Waals surface area contributed by atoms with Crippen molar-refractivity contribution in [3.8, 4) is 5.69 Å². The van der Waals surface area contributed by atoms with Crippen molar-refractivity contribution < 1.29 is 0 Å². The lowest BCUT2D eigenvalue weighted by molar-refractivity contribution is 0.845. The van der Waals surface area contributed by atoms with E-state index in [1.165, 1.54) is 0 Å². The number of aliphatic imine (C=N–C) groups is 1. The van der Waals surface area contributed by atoms with Crippen LogP contribution in [0.15, 0.2) is 53.8 Å². The van der Waals surface area contributed by atoms with Crippen LogP contribution in [0.25, 0.3) is 5.69 Å². The van der Waals surface area contributed by atoms with E-state index in [0.717, 1.165) is 17.1 Å². The quantitative estimate of drug-likeness (QED) is 0.349. The molecule has 3 N–H and O–H groups in total. The standard InChI is InChI=1S/C14H18N6.HI/c1-11(2)8-16-14(15)17-9-13-19-18-10-20(13)12-6-4-3-5-7-12;/h3-7,10H,1,8-9H2,2H3,(H3,15,16,17);1H. The van der Waals surface area contributed by atoms with Gasteiger partial charge in [0, 0.05) is 12.2 Å². The van der Waals surface area contributed by atoms with Crippen molar-refractivity contribution in [1.82, 2.24) is 20.1 Å². The molecule has 0 amide bonds. The van der Waals surface area contributed by atoms with E-state index in [2.05, 4.69) is 27.1 Å². The molecule has 0 unspecified atom stereocenters. The van der Waals surface area contributed by atoms with Gasteiger partial charge in [-0.15, -0.1) is 34.2 Å². The van der Waals surface area contributed by atoms with Gasteiger partial charge in [0.1, 0.15) is 12.9 Å². The lowest BCUT2D eigenvalue weighted by atomic mass is 10.3. The second-order valence-electron chi connectivity index (χ2n) is 4.46. The first-order valence-corrected chi connectivity index (χ1v) is 6.29. The van der Waals surface area contributed by atoms with Crippen LogP contribution >= 0.6 is 24.0 Å². The Labute approximate surface area is 141 Å². The van der Waals surface area contributed by atoms with Gasteiger partial charge in [-0.1, -0.05) is 30.4 Å². The molecule has 7 heteroatoms. The van der Waals surface area contributed by atoms with Crippen LogP contribution in [0.4, 0.5) is 0 Å². The number of hydrogen-bond acceptors (Lipinski definition) is 3. The van der Waals surface area contributed by atoms with Gasteiger partial charge in [-0.25, -0.2) is 4.99 Å². The Kier molecular flexibility index (Phi) is 6.86. The van der Waals surface area contributed by atoms with Gasteiger partial charge in [0.05, 0.1) is 0 Å². The van der Waals surface area contributed by atoms with Crippen molar-refractivity contribution in [1.29, 1.82) is 0 Å². The van der Waals surface area contributed by atoms with Crippen LogP contribution < -0.4 is 11.1 Å². The molecule has 0 aliphatic carbocycles. The van der Waals surface area contributed by atoms with Gasteiger partial charge in [-0.2, -0.15) is 0 Å². The fraction of sp³-hybridized carbons (Fsp3) is 0.214. The van der Waals surface area contributed by atoms with Crippen LogP contribution in [0, 0.1) is 0 Å². The van der Waals surface area contributed by atoms with Crippen molar-refractivity contribution >= 4 is 29.9 Å². The van der Waals surface area contributed by atoms with Gasteiger partial charge in [0.2, 0.25) is 0 Å². The molecule has 0 bridgehead atoms. The molecule has 0 aliphatic heterocycles. The van der Waals surface area contributed by atoms with Crippen molar-refractivity contribution in [2.24, 2.45) is 10.7 Å². The number of guanidine groups is 1. The molecule has 2 aromatic rings. The Hall–Kier alpha value is -1.90. The maximum Gasteiger partial charge on any atom is 0.189 e. The van der Waals surface area contributed by atoms with Gasteiger partial charge in [-0.05, 0) is 19.1 Å². The Morgan fingerprint density at radius 2 is 2.10 bits per heavy atom. The van der Waals surface area contributed by atoms with E-state index < -0.39 is 0 Å². The summed E-state index contributed by atoms with van der Waals surface area (Å²) in [7, 11) is 0. The Bertz CT molecular complexity index is 605. The summed E-state index contributed by atoms with van der Waals surface area (Å²) in [6, 6.07) is 9.86. The number of benzene rings is 1. The molecule has 21 heavy (non-hydrogen) atoms. The number of nitrogens with one attached hydrogen (secondary N) is 1. The highest BCUT2D eigenvalue weighted by Gasteiger charge is 2.05. The molecule has 0 fully saturated rings. The fourth-order valence-electron chi connectivity index (χ4n) is 1.62. The maximum atomic E-state index is 5.77. The fourth-order valence-corrected chi connectivity index (χ4v) is 1.62. The third-order valence-corrected chi connectivity index (χ3v) is 2.61. The summed E-state index contributed by atoms with van der Waals surface area (Å²) in [5, 5.41) is 11.0. The molecule has 0 saturated heterocycles. The highest BCUT2D eigenvalue weighted by Crippen LogP contribution is 2.09. The monoisotopic (exact) mass is 398 g/mol. The van der Waals surface area contributed by atoms with E-state index in [1.54, 1.807) is 6.33 Å². The van der Waals surface area contributed by atoms with Crippen LogP contribution in [-0.4, -0.2) is 27.3 Å². The highest BCUT2D eigenvalue weighted by molar-refractivity contribution is 14.0. The van der Waals surface area contributed by atoms with Gasteiger partial charge < -0.3 is 11.1 Å². The van der Waals surface area contributed by atoms with E-state index in [9.17, 15) is 0 Å². The summed E-state index contributed by atoms with van der Waals surface area (Å²) in [5.74, 6) is 1.10. The third kappa shape index (κ3) is 5.18. The van der Waals surface area contributed by atoms with E-state index >= 15 is 0 Å². The predicted octanol–water partition coefficient (Wildman–Crippen LogP) is 1.87. The van der Waals surface area contributed by atoms with Crippen LogP contribution in [0.2, 0.25) is 0 Å². The van der Waals surface area contributed by atoms with Crippen LogP contribution in [-0.2, 0) is 6.54 Å². The van der Waals surface area contributed by atoms with E-state index in [-0.39, 0.29) is 24.0 Å². The molecule has 1 aromatic carbocycles. The topological polar surface area (TPSA) is 81.1 Å². The summed E-state index contributed by atoms with van der Waals surface area (Å²) in [6.45, 7) is 6.69. The first kappa shape index (κ1) is 17.2. The molecule has 1 aromatic heterocycles. The summed E-state index contributed by atoms with van der Waals surface area (Å²) >= 11 is 0. The molecule has 0 radical (unpaired) electrons. The van der Waals surface area contributed by atoms with E-state index in [0.29, 0.717) is 19.0 Å². The van der Waals surface area contributed by atoms with Crippen molar-refractivity contribution in [2.45, 2.75) is 13.5 Å². The predicted molar refractivity (Wildman–Crippen MR) is 94.9 cm³/mol. The normalized spacial score (nSPS) is 10.8. The Balaban J connectivity index is 0.00000220. The van der Waals surface area contributed by atoms with Crippen LogP contribution in [0.5, 0.6) is 0 Å². The zero-order valence-electron chi connectivity index (χ0n) is 11.9. The first-order valence-electron chi connectivity index (χ1n) is 6.29. The molecule has 6 nitrogen and oxygen atoms in total. The number of nitrogens with two attached hydrogens (primary N) is 1. The molecule has 0 aliphatic rings. The van der Waals surface area contributed by atoms with Crippen molar-refractivity contribution in [3.05, 3.63) is 54.6 Å². The van der Waals surface area contributed by atoms with E-state index in [4.69, 9.17) is 5.73 Å². The number of halogens is 1. The molecule has 0 atom stereocenters. The molecule has 2 rings (SSSR count). The molecular weight excluding hydrogens is 379 g/mol. The van der Waals surface area contributed by atoms with Gasteiger partial charge in [0.15, 0.2) is 11.8 Å². The molecule has 0 spiro atoms. The molecular formula is C14H19IN6. The molecule has 0 saturated carbocycles. The summed E-state index contributed by atoms with van der Waals surface area (Å²) in [6.07, 6.45) is 1.66. The number of aromatic nitrogens is 3. The summed E-state index contributed by atoms with van der Waals surface area (Å²) in [4.78, 5) is 4.24. The molecule has 1 heterocycles. The second kappa shape index (κ2) is 8.40. The second-order valence-corrected chi connectivity index (χ2v) is 4.46. The highest BCUT2D eigenvalue weighted by atomic mass is 127. The minimum atomic E-state index is 0. The number of para-hydroxylation sites is 1. The van der Waals surface area contributed by atoms with Crippen LogP contribution in [0.1, 0.15) is 12.7 Å². The summed E-state index contributed by atoms with van der Waals surface area (Å²) < 4.78 is 1.88. The number of nitrogens with zero attached hydrogens (tertiary/aromatic N) is 4. The van der Waals surface area contributed by atoms with E-state index in [1.807, 2.05) is 41.8 Å². The van der Waals surface area contributed by atoms with Gasteiger partial charge >= 0.3 is 0 Å². The lowest BCUT2D eigenvalue weighted by Gasteiger charge is -2.06. The van der Waals surface area contributed by atoms with Gasteiger partial charge in [-0.3, -0.25) is 4.57 Å². The van der Waals surface area contributed by atoms with Crippen LogP contribution in [0.3, 0.4) is 0 Å². The average Bonchev–Trinajstić information content (AvgIpc) is 2.92. The zero-order valence-corrected chi connectivity index (χ0v) is 14.2. The van der Waals surface area contributed by atoms with Crippen molar-refractivity contribution in [3.63, 3.8) is 0 Å². The number of rotatable bonds is 5. The first-order chi connectivity index (χ1) is 9.66. The minimum Gasteiger partial charge on any atom is -0.370 e. The zero-order chi connectivity index (χ0) is 14.4. The smallest absolute Gasteiger partial charge is 0.189 e.